The quantitative estimate of drug-likeness (QED) is 0.349. The summed E-state index contributed by atoms with van der Waals surface area (Å²) in [6.45, 7) is 4.81. The minimum absolute atomic E-state index is 0.0387. The van der Waals surface area contributed by atoms with Crippen molar-refractivity contribution in [3.05, 3.63) is 29.8 Å². The van der Waals surface area contributed by atoms with Crippen molar-refractivity contribution in [2.24, 2.45) is 34.5 Å². The van der Waals surface area contributed by atoms with Crippen LogP contribution in [0, 0.1) is 34.5 Å². The summed E-state index contributed by atoms with van der Waals surface area (Å²) in [4.78, 5) is 27.9. The van der Waals surface area contributed by atoms with Gasteiger partial charge in [-0.15, -0.1) is 0 Å². The molecule has 7 bridgehead atoms. The van der Waals surface area contributed by atoms with Gasteiger partial charge in [0.2, 0.25) is 5.91 Å². The number of hydrogen-bond acceptors (Lipinski definition) is 10. The predicted molar refractivity (Wildman–Crippen MR) is 162 cm³/mol. The molecular formula is C34H48N2O9. The highest BCUT2D eigenvalue weighted by Gasteiger charge is 2.91. The summed E-state index contributed by atoms with van der Waals surface area (Å²) in [5, 5.41) is 29.2. The first-order valence-corrected chi connectivity index (χ1v) is 16.4. The van der Waals surface area contributed by atoms with Crippen LogP contribution in [0.1, 0.15) is 49.9 Å². The minimum atomic E-state index is -1.66. The number of methoxy groups -OCH3 is 4. The summed E-state index contributed by atoms with van der Waals surface area (Å²) in [5.74, 6) is -1.36. The second-order valence-corrected chi connectivity index (χ2v) is 14.5. The molecule has 0 radical (unpaired) electrons. The van der Waals surface area contributed by atoms with Crippen molar-refractivity contribution in [3.8, 4) is 0 Å². The Balaban J connectivity index is 1.37. The molecular weight excluding hydrogens is 580 g/mol. The number of likely N-dealkylation sites (N-methyl/N-ethyl adjacent to an activating group) is 1. The number of benzene rings is 1. The van der Waals surface area contributed by atoms with Crippen LogP contribution < -0.4 is 5.32 Å². The van der Waals surface area contributed by atoms with Crippen LogP contribution in [0.2, 0.25) is 0 Å². The molecule has 6 fully saturated rings. The average molecular weight is 629 g/mol. The summed E-state index contributed by atoms with van der Waals surface area (Å²) < 4.78 is 31.2. The molecule has 1 aliphatic heterocycles. The number of rotatable bonds is 9. The van der Waals surface area contributed by atoms with Crippen LogP contribution in [0.4, 0.5) is 5.69 Å². The molecule has 5 saturated carbocycles. The number of hydrogen-bond donors (Lipinski definition) is 3. The number of piperidine rings is 1. The third kappa shape index (κ3) is 3.72. The Morgan fingerprint density at radius 2 is 1.82 bits per heavy atom. The number of amides is 1. The van der Waals surface area contributed by atoms with E-state index >= 15 is 0 Å². The van der Waals surface area contributed by atoms with E-state index in [1.54, 1.807) is 52.7 Å². The van der Waals surface area contributed by atoms with E-state index in [1.807, 2.05) is 0 Å². The van der Waals surface area contributed by atoms with E-state index in [-0.39, 0.29) is 60.1 Å². The van der Waals surface area contributed by atoms with Gasteiger partial charge >= 0.3 is 5.97 Å². The standard InChI is InChI=1S/C34H48N2O9/c1-7-36-16-31(17-45-29(38)19-10-8-9-11-22(19)35-18(2)37)13-12-24(42-4)33-21-14-20-23(41-3)15-32(39,25(21)26(20)43-5)34(40,30(33)36)28(44-6)27(31)33/h8-11,20-21,23-28,30,39-40H,7,12-17H2,1-6H3,(H,35,37)/t20-,21-,23+,24+,25-,26+,27+,28+,30?,31+,32-,33-,34-/m1/s1. The number of likely N-dealkylation sites (tertiary alicyclic amines) is 1. The molecule has 0 aromatic heterocycles. The van der Waals surface area contributed by atoms with Crippen molar-refractivity contribution in [1.82, 2.24) is 4.90 Å². The normalized spacial score (nSPS) is 47.4. The van der Waals surface area contributed by atoms with Crippen molar-refractivity contribution < 1.29 is 43.5 Å². The number of esters is 1. The predicted octanol–water partition coefficient (Wildman–Crippen LogP) is 2.09. The number of anilines is 1. The Morgan fingerprint density at radius 3 is 2.47 bits per heavy atom. The maximum atomic E-state index is 13.7. The highest BCUT2D eigenvalue weighted by molar-refractivity contribution is 6.00. The van der Waals surface area contributed by atoms with Crippen LogP contribution in [0.5, 0.6) is 0 Å². The summed E-state index contributed by atoms with van der Waals surface area (Å²) >= 11 is 0. The Morgan fingerprint density at radius 1 is 1.07 bits per heavy atom. The van der Waals surface area contributed by atoms with Crippen LogP contribution in [0.15, 0.2) is 24.3 Å². The first-order valence-electron chi connectivity index (χ1n) is 16.4. The van der Waals surface area contributed by atoms with E-state index in [0.29, 0.717) is 31.6 Å². The molecule has 1 heterocycles. The lowest BCUT2D eigenvalue weighted by molar-refractivity contribution is -0.320. The first kappa shape index (κ1) is 31.5. The van der Waals surface area contributed by atoms with Gasteiger partial charge in [0.05, 0.1) is 48.3 Å². The van der Waals surface area contributed by atoms with Gasteiger partial charge < -0.3 is 39.2 Å². The van der Waals surface area contributed by atoms with E-state index in [1.165, 1.54) is 6.92 Å². The molecule has 1 aromatic carbocycles. The van der Waals surface area contributed by atoms with Gasteiger partial charge in [0.1, 0.15) is 11.2 Å². The number of nitrogens with zero attached hydrogens (tertiary/aromatic N) is 1. The van der Waals surface area contributed by atoms with Crippen molar-refractivity contribution in [1.29, 1.82) is 0 Å². The SMILES string of the molecule is CCN1C[C@]2(COC(=O)c3ccccc3NC(C)=O)CC[C@H](OC)[C@@]34C1[C@](O)([C@@H](OC)[C@@H]23)[C@@]1(O)C[C@H](OC)[C@H]2C[C@@H]4[C@@H]1[C@H]2OC. The monoisotopic (exact) mass is 628 g/mol. The summed E-state index contributed by atoms with van der Waals surface area (Å²) in [5.41, 5.74) is -3.68. The van der Waals surface area contributed by atoms with Gasteiger partial charge in [0.25, 0.3) is 0 Å². The minimum Gasteiger partial charge on any atom is -0.461 e. The topological polar surface area (TPSA) is 136 Å². The molecule has 1 saturated heterocycles. The molecule has 6 aliphatic rings. The van der Waals surface area contributed by atoms with Gasteiger partial charge in [-0.1, -0.05) is 19.1 Å². The molecule has 13 atom stereocenters. The molecule has 1 unspecified atom stereocenters. The smallest absolute Gasteiger partial charge is 0.340 e. The van der Waals surface area contributed by atoms with Crippen LogP contribution >= 0.6 is 0 Å². The second kappa shape index (κ2) is 10.7. The lowest BCUT2D eigenvalue weighted by Gasteiger charge is -2.70. The molecule has 248 valence electrons. The molecule has 11 nitrogen and oxygen atoms in total. The van der Waals surface area contributed by atoms with Crippen LogP contribution in [0.25, 0.3) is 0 Å². The fourth-order valence-corrected chi connectivity index (χ4v) is 12.2. The van der Waals surface area contributed by atoms with Crippen LogP contribution in [-0.2, 0) is 28.5 Å². The molecule has 45 heavy (non-hydrogen) atoms. The van der Waals surface area contributed by atoms with Crippen molar-refractivity contribution in [3.63, 3.8) is 0 Å². The zero-order valence-corrected chi connectivity index (χ0v) is 27.2. The Bertz CT molecular complexity index is 1360. The number of carbonyl (C=O) groups is 2. The lowest BCUT2D eigenvalue weighted by Crippen LogP contribution is -2.82. The summed E-state index contributed by atoms with van der Waals surface area (Å²) in [7, 11) is 6.75. The molecule has 11 heteroatoms. The highest BCUT2D eigenvalue weighted by Crippen LogP contribution is 2.80. The molecule has 1 amide bonds. The Hall–Kier alpha value is -2.12. The van der Waals surface area contributed by atoms with E-state index in [0.717, 1.165) is 12.8 Å². The number of aliphatic hydroxyl groups is 2. The lowest BCUT2D eigenvalue weighted by atomic mass is 9.42. The maximum absolute atomic E-state index is 13.7. The van der Waals surface area contributed by atoms with Crippen molar-refractivity contribution >= 4 is 17.6 Å². The van der Waals surface area contributed by atoms with Crippen LogP contribution in [0.3, 0.4) is 0 Å². The number of para-hydroxylation sites is 1. The molecule has 3 N–H and O–H groups in total. The van der Waals surface area contributed by atoms with Gasteiger partial charge in [-0.3, -0.25) is 9.69 Å². The van der Waals surface area contributed by atoms with Gasteiger partial charge in [-0.05, 0) is 43.9 Å². The largest absolute Gasteiger partial charge is 0.461 e. The zero-order valence-electron chi connectivity index (χ0n) is 27.2. The van der Waals surface area contributed by atoms with E-state index in [2.05, 4.69) is 17.1 Å². The number of fused-ring (bicyclic) bond motifs is 2. The Labute approximate surface area is 264 Å². The molecule has 7 rings (SSSR count). The van der Waals surface area contributed by atoms with Gasteiger partial charge in [-0.25, -0.2) is 4.79 Å². The number of ether oxygens (including phenoxy) is 5. The van der Waals surface area contributed by atoms with Crippen LogP contribution in [-0.4, -0.2) is 117 Å². The highest BCUT2D eigenvalue weighted by atomic mass is 16.5. The van der Waals surface area contributed by atoms with Gasteiger partial charge in [0.15, 0.2) is 0 Å². The molecule has 1 aromatic rings. The van der Waals surface area contributed by atoms with E-state index in [4.69, 9.17) is 23.7 Å². The summed E-state index contributed by atoms with van der Waals surface area (Å²) in [6, 6.07) is 6.41. The maximum Gasteiger partial charge on any atom is 0.340 e. The third-order valence-corrected chi connectivity index (χ3v) is 13.3. The van der Waals surface area contributed by atoms with E-state index in [9.17, 15) is 19.8 Å². The Kier molecular flexibility index (Phi) is 7.48. The van der Waals surface area contributed by atoms with Gasteiger partial charge in [0, 0.05) is 76.9 Å². The number of nitrogens with one attached hydrogen (secondary N) is 1. The van der Waals surface area contributed by atoms with Crippen molar-refractivity contribution in [2.75, 3.05) is 53.5 Å². The third-order valence-electron chi connectivity index (χ3n) is 13.3. The average Bonchev–Trinajstić information content (AvgIpc) is 3.45. The first-order chi connectivity index (χ1) is 21.5. The number of carbonyl (C=O) groups excluding carboxylic acids is 2. The summed E-state index contributed by atoms with van der Waals surface area (Å²) in [6.07, 6.45) is 0.993. The zero-order chi connectivity index (χ0) is 32.1. The second-order valence-electron chi connectivity index (χ2n) is 14.5. The van der Waals surface area contributed by atoms with Gasteiger partial charge in [-0.2, -0.15) is 0 Å². The van der Waals surface area contributed by atoms with Crippen molar-refractivity contribution in [2.45, 2.75) is 81.2 Å². The van der Waals surface area contributed by atoms with E-state index < -0.39 is 40.1 Å². The fourth-order valence-electron chi connectivity index (χ4n) is 12.2. The molecule has 1 spiro atoms. The molecule has 5 aliphatic carbocycles. The fraction of sp³-hybridized carbons (Fsp3) is 0.765.